The maximum Gasteiger partial charge on any atom is 0.262 e. The Balaban J connectivity index is 2.48. The van der Waals surface area contributed by atoms with Gasteiger partial charge in [0.1, 0.15) is 6.07 Å². The average molecular weight is 455 g/mol. The number of amides is 1. The molecule has 2 rings (SSSR count). The highest BCUT2D eigenvalue weighted by Crippen LogP contribution is 2.30. The van der Waals surface area contributed by atoms with Crippen LogP contribution in [0.2, 0.25) is 5.02 Å². The molecule has 30 heavy (non-hydrogen) atoms. The van der Waals surface area contributed by atoms with Gasteiger partial charge in [0.05, 0.1) is 22.9 Å². The van der Waals surface area contributed by atoms with Gasteiger partial charge in [0, 0.05) is 11.4 Å². The summed E-state index contributed by atoms with van der Waals surface area (Å²) in [5, 5.41) is 22.5. The maximum atomic E-state index is 14.3. The zero-order chi connectivity index (χ0) is 22.5. The average Bonchev–Trinajstić information content (AvgIpc) is 2.69. The molecular weight excluding hydrogens is 435 g/mol. The molecule has 0 radical (unpaired) electrons. The van der Waals surface area contributed by atoms with Crippen molar-refractivity contribution in [3.05, 3.63) is 58.4 Å². The van der Waals surface area contributed by atoms with Crippen molar-refractivity contribution in [3.8, 4) is 11.8 Å². The maximum absolute atomic E-state index is 14.3. The number of anilines is 1. The van der Waals surface area contributed by atoms with Gasteiger partial charge in [-0.05, 0) is 42.8 Å². The summed E-state index contributed by atoms with van der Waals surface area (Å²) >= 11 is 5.95. The zero-order valence-electron chi connectivity index (χ0n) is 16.3. The van der Waals surface area contributed by atoms with Crippen molar-refractivity contribution in [1.29, 1.82) is 5.26 Å². The number of nitrogens with one attached hydrogen (secondary N) is 1. The van der Waals surface area contributed by atoms with Crippen molar-refractivity contribution in [1.82, 2.24) is 0 Å². The van der Waals surface area contributed by atoms with Gasteiger partial charge in [0.2, 0.25) is 0 Å². The van der Waals surface area contributed by atoms with Crippen LogP contribution in [0.25, 0.3) is 0 Å². The molecule has 160 valence electrons. The van der Waals surface area contributed by atoms with Crippen molar-refractivity contribution in [2.45, 2.75) is 19.4 Å². The van der Waals surface area contributed by atoms with Gasteiger partial charge in [-0.15, -0.1) is 0 Å². The third-order valence-corrected chi connectivity index (χ3v) is 6.35. The van der Waals surface area contributed by atoms with Gasteiger partial charge in [-0.1, -0.05) is 24.6 Å². The Morgan fingerprint density at radius 3 is 2.53 bits per heavy atom. The van der Waals surface area contributed by atoms with Gasteiger partial charge >= 0.3 is 0 Å². The number of nitriles is 1. The molecule has 10 heteroatoms. The largest absolute Gasteiger partial charge is 0.491 e. The molecule has 1 atom stereocenters. The SMILES string of the molecule is CCOc1ccc(C(O)(CS(=O)(=O)CC)C(=O)Nc2ccc(C#N)c(Cl)c2)cc1F. The molecular formula is C20H20ClFN2O5S. The summed E-state index contributed by atoms with van der Waals surface area (Å²) in [5.41, 5.74) is -2.53. The highest BCUT2D eigenvalue weighted by molar-refractivity contribution is 7.91. The summed E-state index contributed by atoms with van der Waals surface area (Å²) in [7, 11) is -3.85. The topological polar surface area (TPSA) is 116 Å². The third-order valence-electron chi connectivity index (χ3n) is 4.30. The Morgan fingerprint density at radius 1 is 1.30 bits per heavy atom. The van der Waals surface area contributed by atoms with Crippen LogP contribution in [0.5, 0.6) is 5.75 Å². The molecule has 0 heterocycles. The molecule has 0 aliphatic heterocycles. The molecule has 0 aliphatic carbocycles. The second-order valence-electron chi connectivity index (χ2n) is 6.38. The van der Waals surface area contributed by atoms with E-state index in [1.165, 1.54) is 37.3 Å². The number of aliphatic hydroxyl groups is 1. The summed E-state index contributed by atoms with van der Waals surface area (Å²) in [4.78, 5) is 12.9. The molecule has 2 aromatic carbocycles. The number of hydrogen-bond donors (Lipinski definition) is 2. The monoisotopic (exact) mass is 454 g/mol. The molecule has 0 saturated heterocycles. The van der Waals surface area contributed by atoms with Gasteiger partial charge in [-0.2, -0.15) is 5.26 Å². The van der Waals surface area contributed by atoms with Gasteiger partial charge < -0.3 is 15.2 Å². The van der Waals surface area contributed by atoms with E-state index < -0.39 is 32.9 Å². The van der Waals surface area contributed by atoms with E-state index in [9.17, 15) is 22.7 Å². The van der Waals surface area contributed by atoms with Gasteiger partial charge in [-0.25, -0.2) is 12.8 Å². The number of sulfone groups is 1. The Bertz CT molecular complexity index is 1100. The van der Waals surface area contributed by atoms with Gasteiger partial charge in [-0.3, -0.25) is 4.79 Å². The number of halogens is 2. The quantitative estimate of drug-likeness (QED) is 0.633. The number of rotatable bonds is 8. The first-order chi connectivity index (χ1) is 14.1. The summed E-state index contributed by atoms with van der Waals surface area (Å²) in [5.74, 6) is -3.33. The normalized spacial score (nSPS) is 13.2. The van der Waals surface area contributed by atoms with E-state index in [1.54, 1.807) is 6.92 Å². The van der Waals surface area contributed by atoms with E-state index in [-0.39, 0.29) is 39.9 Å². The van der Waals surface area contributed by atoms with Crippen molar-refractivity contribution < 1.29 is 27.4 Å². The lowest BCUT2D eigenvalue weighted by Crippen LogP contribution is -2.46. The molecule has 0 spiro atoms. The molecule has 2 N–H and O–H groups in total. The van der Waals surface area contributed by atoms with Crippen LogP contribution in [0.4, 0.5) is 10.1 Å². The summed E-state index contributed by atoms with van der Waals surface area (Å²) in [6.45, 7) is 3.23. The van der Waals surface area contributed by atoms with Crippen LogP contribution < -0.4 is 10.1 Å². The predicted octanol–water partition coefficient (Wildman–Crippen LogP) is 3.01. The number of hydrogen-bond acceptors (Lipinski definition) is 6. The summed E-state index contributed by atoms with van der Waals surface area (Å²) in [6, 6.07) is 9.18. The van der Waals surface area contributed by atoms with E-state index in [4.69, 9.17) is 21.6 Å². The molecule has 0 saturated carbocycles. The second kappa shape index (κ2) is 9.43. The van der Waals surface area contributed by atoms with E-state index in [0.717, 1.165) is 6.07 Å². The third kappa shape index (κ3) is 5.27. The zero-order valence-corrected chi connectivity index (χ0v) is 17.8. The standard InChI is InChI=1S/C20H20ClFN2O5S/c1-3-29-18-8-6-14(9-17(18)22)20(26,12-30(27,28)4-2)19(25)24-15-7-5-13(11-23)16(21)10-15/h5-10,26H,3-4,12H2,1-2H3,(H,24,25). The molecule has 0 bridgehead atoms. The fourth-order valence-corrected chi connectivity index (χ4v) is 4.01. The first kappa shape index (κ1) is 23.6. The summed E-state index contributed by atoms with van der Waals surface area (Å²) in [6.07, 6.45) is 0. The van der Waals surface area contributed by atoms with Crippen molar-refractivity contribution in [2.75, 3.05) is 23.4 Å². The smallest absolute Gasteiger partial charge is 0.262 e. The first-order valence-corrected chi connectivity index (χ1v) is 11.1. The van der Waals surface area contributed by atoms with Crippen molar-refractivity contribution >= 4 is 33.0 Å². The van der Waals surface area contributed by atoms with E-state index in [2.05, 4.69) is 5.32 Å². The van der Waals surface area contributed by atoms with Crippen LogP contribution in [-0.2, 0) is 20.2 Å². The lowest BCUT2D eigenvalue weighted by Gasteiger charge is -2.27. The van der Waals surface area contributed by atoms with Crippen molar-refractivity contribution in [2.24, 2.45) is 0 Å². The number of ether oxygens (including phenoxy) is 1. The Kier molecular flexibility index (Phi) is 7.42. The fourth-order valence-electron chi connectivity index (χ4n) is 2.65. The minimum Gasteiger partial charge on any atom is -0.491 e. The van der Waals surface area contributed by atoms with Gasteiger partial charge in [0.15, 0.2) is 27.0 Å². The highest BCUT2D eigenvalue weighted by Gasteiger charge is 2.42. The molecule has 7 nitrogen and oxygen atoms in total. The van der Waals surface area contributed by atoms with Crippen LogP contribution >= 0.6 is 11.6 Å². The Morgan fingerprint density at radius 2 is 2.00 bits per heavy atom. The number of nitrogens with zero attached hydrogens (tertiary/aromatic N) is 1. The minimum absolute atomic E-state index is 0.0622. The lowest BCUT2D eigenvalue weighted by atomic mass is 9.94. The molecule has 1 amide bonds. The van der Waals surface area contributed by atoms with Crippen LogP contribution in [0.15, 0.2) is 36.4 Å². The lowest BCUT2D eigenvalue weighted by molar-refractivity contribution is -0.132. The predicted molar refractivity (Wildman–Crippen MR) is 111 cm³/mol. The summed E-state index contributed by atoms with van der Waals surface area (Å²) < 4.78 is 43.9. The number of benzene rings is 2. The molecule has 0 aliphatic rings. The van der Waals surface area contributed by atoms with E-state index in [1.807, 2.05) is 6.07 Å². The second-order valence-corrected chi connectivity index (χ2v) is 9.14. The molecule has 0 aromatic heterocycles. The van der Waals surface area contributed by atoms with Crippen molar-refractivity contribution in [3.63, 3.8) is 0 Å². The first-order valence-electron chi connectivity index (χ1n) is 8.93. The number of carbonyl (C=O) groups is 1. The van der Waals surface area contributed by atoms with Crippen LogP contribution in [0, 0.1) is 17.1 Å². The Labute approximate surface area is 179 Å². The van der Waals surface area contributed by atoms with E-state index >= 15 is 0 Å². The van der Waals surface area contributed by atoms with Gasteiger partial charge in [0.25, 0.3) is 5.91 Å². The molecule has 0 fully saturated rings. The van der Waals surface area contributed by atoms with Crippen LogP contribution in [-0.4, -0.2) is 37.5 Å². The molecule has 1 unspecified atom stereocenters. The van der Waals surface area contributed by atoms with Crippen LogP contribution in [0.3, 0.4) is 0 Å². The highest BCUT2D eigenvalue weighted by atomic mass is 35.5. The number of carbonyl (C=O) groups excluding carboxylic acids is 1. The minimum atomic E-state index is -3.85. The fraction of sp³-hybridized carbons (Fsp3) is 0.300. The van der Waals surface area contributed by atoms with Crippen LogP contribution in [0.1, 0.15) is 25.0 Å². The Hall–Kier alpha value is -2.67. The molecule has 2 aromatic rings. The van der Waals surface area contributed by atoms with E-state index in [0.29, 0.717) is 0 Å².